The molecule has 0 fully saturated rings. The minimum Gasteiger partial charge on any atom is -0.504 e. The van der Waals surface area contributed by atoms with E-state index in [1.54, 1.807) is 24.3 Å². The molecule has 3 N–H and O–H groups in total. The van der Waals surface area contributed by atoms with Crippen LogP contribution in [0.4, 0.5) is 0 Å². The fraction of sp³-hybridized carbons (Fsp3) is 0.0667. The number of amides is 1. The summed E-state index contributed by atoms with van der Waals surface area (Å²) >= 11 is 0. The van der Waals surface area contributed by atoms with Gasteiger partial charge in [-0.1, -0.05) is 24.3 Å². The Morgan fingerprint density at radius 1 is 1.15 bits per heavy atom. The number of benzene rings is 2. The Balaban J connectivity index is 2.09. The average molecular weight is 270 g/mol. The third-order valence-electron chi connectivity index (χ3n) is 2.81. The second-order valence-corrected chi connectivity index (χ2v) is 4.23. The van der Waals surface area contributed by atoms with Crippen LogP contribution in [0, 0.1) is 6.92 Å². The van der Waals surface area contributed by atoms with Crippen LogP contribution in [-0.4, -0.2) is 22.3 Å². The number of rotatable bonds is 3. The molecule has 0 bridgehead atoms. The number of aryl methyl sites for hydroxylation is 1. The molecular formula is C15H14N2O3. The Morgan fingerprint density at radius 3 is 2.65 bits per heavy atom. The van der Waals surface area contributed by atoms with Crippen molar-refractivity contribution in [1.29, 1.82) is 0 Å². The summed E-state index contributed by atoms with van der Waals surface area (Å²) in [5.41, 5.74) is 4.07. The van der Waals surface area contributed by atoms with Crippen molar-refractivity contribution in [3.8, 4) is 11.5 Å². The lowest BCUT2D eigenvalue weighted by atomic mass is 10.1. The minimum atomic E-state index is -0.334. The van der Waals surface area contributed by atoms with Gasteiger partial charge < -0.3 is 10.2 Å². The van der Waals surface area contributed by atoms with E-state index in [0.717, 1.165) is 5.56 Å². The summed E-state index contributed by atoms with van der Waals surface area (Å²) in [5.74, 6) is -0.848. The van der Waals surface area contributed by atoms with Gasteiger partial charge in [0.1, 0.15) is 0 Å². The van der Waals surface area contributed by atoms with Crippen LogP contribution in [0.1, 0.15) is 21.5 Å². The molecular weight excluding hydrogens is 256 g/mol. The van der Waals surface area contributed by atoms with Crippen molar-refractivity contribution in [2.45, 2.75) is 6.92 Å². The zero-order chi connectivity index (χ0) is 14.5. The molecule has 102 valence electrons. The van der Waals surface area contributed by atoms with E-state index >= 15 is 0 Å². The van der Waals surface area contributed by atoms with Gasteiger partial charge in [0.25, 0.3) is 5.91 Å². The lowest BCUT2D eigenvalue weighted by Gasteiger charge is -2.03. The van der Waals surface area contributed by atoms with E-state index in [0.29, 0.717) is 11.1 Å². The predicted molar refractivity (Wildman–Crippen MR) is 76.0 cm³/mol. The van der Waals surface area contributed by atoms with Crippen molar-refractivity contribution < 1.29 is 15.0 Å². The molecule has 0 saturated carbocycles. The molecule has 2 rings (SSSR count). The van der Waals surface area contributed by atoms with Gasteiger partial charge >= 0.3 is 0 Å². The fourth-order valence-corrected chi connectivity index (χ4v) is 1.70. The van der Waals surface area contributed by atoms with Gasteiger partial charge in [-0.15, -0.1) is 0 Å². The first kappa shape index (κ1) is 13.6. The number of nitrogens with one attached hydrogen (secondary N) is 1. The summed E-state index contributed by atoms with van der Waals surface area (Å²) in [5, 5.41) is 22.7. The summed E-state index contributed by atoms with van der Waals surface area (Å²) in [4.78, 5) is 11.9. The Kier molecular flexibility index (Phi) is 4.00. The smallest absolute Gasteiger partial charge is 0.271 e. The zero-order valence-electron chi connectivity index (χ0n) is 10.9. The molecule has 2 aromatic rings. The zero-order valence-corrected chi connectivity index (χ0v) is 10.9. The van der Waals surface area contributed by atoms with Crippen LogP contribution in [0.25, 0.3) is 0 Å². The lowest BCUT2D eigenvalue weighted by Crippen LogP contribution is -2.18. The number of carbonyl (C=O) groups excluding carboxylic acids is 1. The summed E-state index contributed by atoms with van der Waals surface area (Å²) in [6.07, 6.45) is 1.27. The number of hydrazone groups is 1. The second kappa shape index (κ2) is 5.88. The number of hydrogen-bond donors (Lipinski definition) is 3. The minimum absolute atomic E-state index is 0.237. The van der Waals surface area contributed by atoms with Crippen molar-refractivity contribution >= 4 is 12.1 Å². The van der Waals surface area contributed by atoms with Gasteiger partial charge in [-0.3, -0.25) is 4.79 Å². The number of nitrogens with zero attached hydrogens (tertiary/aromatic N) is 1. The number of hydrogen-bond acceptors (Lipinski definition) is 4. The standard InChI is InChI=1S/C15H14N2O3/c1-10-5-2-3-7-12(10)15(20)17-16-9-11-6-4-8-13(18)14(11)19/h2-9,18-19H,1H3,(H,17,20)/b16-9+. The van der Waals surface area contributed by atoms with Crippen molar-refractivity contribution in [3.05, 3.63) is 59.2 Å². The number of phenols is 2. The fourth-order valence-electron chi connectivity index (χ4n) is 1.70. The van der Waals surface area contributed by atoms with Gasteiger partial charge in [0.05, 0.1) is 6.21 Å². The van der Waals surface area contributed by atoms with Crippen LogP contribution in [0.15, 0.2) is 47.6 Å². The van der Waals surface area contributed by atoms with Crippen molar-refractivity contribution in [2.24, 2.45) is 5.10 Å². The molecule has 0 saturated heterocycles. The molecule has 2 aromatic carbocycles. The van der Waals surface area contributed by atoms with E-state index in [9.17, 15) is 15.0 Å². The number of carbonyl (C=O) groups is 1. The quantitative estimate of drug-likeness (QED) is 0.454. The molecule has 0 aliphatic carbocycles. The molecule has 0 heterocycles. The SMILES string of the molecule is Cc1ccccc1C(=O)N/N=C/c1cccc(O)c1O. The molecule has 5 heteroatoms. The van der Waals surface area contributed by atoms with Crippen LogP contribution < -0.4 is 5.43 Å². The van der Waals surface area contributed by atoms with Gasteiger partial charge in [0, 0.05) is 11.1 Å². The van der Waals surface area contributed by atoms with Crippen LogP contribution in [-0.2, 0) is 0 Å². The molecule has 20 heavy (non-hydrogen) atoms. The Morgan fingerprint density at radius 2 is 1.90 bits per heavy atom. The Labute approximate surface area is 116 Å². The van der Waals surface area contributed by atoms with Crippen molar-refractivity contribution in [2.75, 3.05) is 0 Å². The summed E-state index contributed by atoms with van der Waals surface area (Å²) in [6.45, 7) is 1.83. The maximum absolute atomic E-state index is 11.9. The maximum atomic E-state index is 11.9. The molecule has 0 aromatic heterocycles. The van der Waals surface area contributed by atoms with Crippen molar-refractivity contribution in [3.63, 3.8) is 0 Å². The highest BCUT2D eigenvalue weighted by Gasteiger charge is 2.07. The third-order valence-corrected chi connectivity index (χ3v) is 2.81. The first-order valence-electron chi connectivity index (χ1n) is 5.99. The lowest BCUT2D eigenvalue weighted by molar-refractivity contribution is 0.0954. The van der Waals surface area contributed by atoms with E-state index in [1.807, 2.05) is 19.1 Å². The molecule has 0 radical (unpaired) electrons. The molecule has 0 aliphatic heterocycles. The van der Waals surface area contributed by atoms with Crippen LogP contribution in [0.2, 0.25) is 0 Å². The van der Waals surface area contributed by atoms with Crippen molar-refractivity contribution in [1.82, 2.24) is 5.43 Å². The number of para-hydroxylation sites is 1. The van der Waals surface area contributed by atoms with Gasteiger partial charge in [0.2, 0.25) is 0 Å². The first-order valence-corrected chi connectivity index (χ1v) is 5.99. The predicted octanol–water partition coefficient (Wildman–Crippen LogP) is 2.17. The van der Waals surface area contributed by atoms with Crippen LogP contribution in [0.3, 0.4) is 0 Å². The normalized spacial score (nSPS) is 10.7. The van der Waals surface area contributed by atoms with E-state index in [2.05, 4.69) is 10.5 Å². The maximum Gasteiger partial charge on any atom is 0.271 e. The first-order chi connectivity index (χ1) is 9.59. The Hall–Kier alpha value is -2.82. The molecule has 0 unspecified atom stereocenters. The molecule has 0 spiro atoms. The van der Waals surface area contributed by atoms with Gasteiger partial charge in [0.15, 0.2) is 11.5 Å². The summed E-state index contributed by atoms with van der Waals surface area (Å²) in [7, 11) is 0. The largest absolute Gasteiger partial charge is 0.504 e. The molecule has 5 nitrogen and oxygen atoms in total. The van der Waals surface area contributed by atoms with E-state index in [-0.39, 0.29) is 17.4 Å². The summed E-state index contributed by atoms with van der Waals surface area (Å²) < 4.78 is 0. The topological polar surface area (TPSA) is 81.9 Å². The highest BCUT2D eigenvalue weighted by Crippen LogP contribution is 2.26. The van der Waals surface area contributed by atoms with Gasteiger partial charge in [-0.05, 0) is 30.7 Å². The van der Waals surface area contributed by atoms with Gasteiger partial charge in [-0.2, -0.15) is 5.10 Å². The summed E-state index contributed by atoms with van der Waals surface area (Å²) in [6, 6.07) is 11.6. The monoisotopic (exact) mass is 270 g/mol. The third kappa shape index (κ3) is 2.95. The highest BCUT2D eigenvalue weighted by atomic mass is 16.3. The molecule has 0 aliphatic rings. The van der Waals surface area contributed by atoms with E-state index < -0.39 is 0 Å². The molecule has 0 atom stereocenters. The van der Waals surface area contributed by atoms with E-state index in [4.69, 9.17) is 0 Å². The van der Waals surface area contributed by atoms with Crippen LogP contribution >= 0.6 is 0 Å². The highest BCUT2D eigenvalue weighted by molar-refractivity contribution is 5.96. The number of aromatic hydroxyl groups is 2. The Bertz CT molecular complexity index is 666. The van der Waals surface area contributed by atoms with Crippen LogP contribution in [0.5, 0.6) is 11.5 Å². The second-order valence-electron chi connectivity index (χ2n) is 4.23. The average Bonchev–Trinajstić information content (AvgIpc) is 2.44. The molecule has 1 amide bonds. The van der Waals surface area contributed by atoms with E-state index in [1.165, 1.54) is 12.3 Å². The van der Waals surface area contributed by atoms with Gasteiger partial charge in [-0.25, -0.2) is 5.43 Å². The number of phenolic OH excluding ortho intramolecular Hbond substituents is 2.